The fraction of sp³-hybridized carbons (Fsp3) is 0.625. The maximum absolute atomic E-state index is 5.44. The number of aliphatic imine (C=N–C) groups is 2. The van der Waals surface area contributed by atoms with Crippen LogP contribution < -0.4 is 4.90 Å². The van der Waals surface area contributed by atoms with Gasteiger partial charge in [0.15, 0.2) is 0 Å². The Balaban J connectivity index is 1.70. The van der Waals surface area contributed by atoms with Gasteiger partial charge in [-0.3, -0.25) is 9.98 Å². The van der Waals surface area contributed by atoms with Gasteiger partial charge in [-0.15, -0.1) is 0 Å². The minimum Gasteiger partial charge on any atom is -0.381 e. The lowest BCUT2D eigenvalue weighted by atomic mass is 10.1. The third-order valence-electron chi connectivity index (χ3n) is 4.42. The number of amidine groups is 1. The molecule has 0 bridgehead atoms. The van der Waals surface area contributed by atoms with Crippen molar-refractivity contribution in [3.8, 4) is 0 Å². The molecule has 124 valence electrons. The minimum absolute atomic E-state index is 0.487. The van der Waals surface area contributed by atoms with Gasteiger partial charge in [-0.1, -0.05) is 0 Å². The smallest absolute Gasteiger partial charge is 0.141 e. The van der Waals surface area contributed by atoms with Crippen LogP contribution in [0.5, 0.6) is 0 Å². The molecule has 1 fully saturated rings. The van der Waals surface area contributed by atoms with Crippen molar-refractivity contribution in [2.45, 2.75) is 25.4 Å². The van der Waals surface area contributed by atoms with Crippen molar-refractivity contribution >= 4 is 17.9 Å². The van der Waals surface area contributed by atoms with E-state index in [4.69, 9.17) is 4.74 Å². The number of hydrogen-bond donors (Lipinski definition) is 0. The van der Waals surface area contributed by atoms with Crippen molar-refractivity contribution in [3.05, 3.63) is 18.1 Å². The number of rotatable bonds is 4. The third kappa shape index (κ3) is 3.85. The van der Waals surface area contributed by atoms with Crippen molar-refractivity contribution in [1.82, 2.24) is 14.9 Å². The number of ether oxygens (including phenoxy) is 1. The van der Waals surface area contributed by atoms with E-state index in [0.717, 1.165) is 63.0 Å². The highest BCUT2D eigenvalue weighted by Gasteiger charge is 2.20. The average molecular weight is 316 g/mol. The Morgan fingerprint density at radius 3 is 2.96 bits per heavy atom. The topological polar surface area (TPSA) is 66.2 Å². The molecule has 3 heterocycles. The first-order valence-corrected chi connectivity index (χ1v) is 8.11. The van der Waals surface area contributed by atoms with Crippen LogP contribution in [0.2, 0.25) is 0 Å². The molecule has 0 unspecified atom stereocenters. The van der Waals surface area contributed by atoms with E-state index in [2.05, 4.69) is 42.9 Å². The molecule has 0 amide bonds. The van der Waals surface area contributed by atoms with Crippen LogP contribution in [0.25, 0.3) is 0 Å². The van der Waals surface area contributed by atoms with E-state index < -0.39 is 0 Å². The number of hydrogen-bond acceptors (Lipinski definition) is 6. The Bertz CT molecular complexity index is 582. The zero-order chi connectivity index (χ0) is 16.1. The molecular formula is C16H24N6O. The van der Waals surface area contributed by atoms with Crippen molar-refractivity contribution < 1.29 is 4.74 Å². The molecule has 3 rings (SSSR count). The van der Waals surface area contributed by atoms with Gasteiger partial charge in [-0.05, 0) is 12.8 Å². The van der Waals surface area contributed by atoms with Gasteiger partial charge in [0.25, 0.3) is 0 Å². The summed E-state index contributed by atoms with van der Waals surface area (Å²) in [5.74, 6) is 1.89. The Morgan fingerprint density at radius 2 is 2.17 bits per heavy atom. The Labute approximate surface area is 137 Å². The molecule has 0 spiro atoms. The Kier molecular flexibility index (Phi) is 5.17. The fourth-order valence-corrected chi connectivity index (χ4v) is 3.00. The van der Waals surface area contributed by atoms with Gasteiger partial charge in [0.1, 0.15) is 18.0 Å². The van der Waals surface area contributed by atoms with Gasteiger partial charge < -0.3 is 14.5 Å². The van der Waals surface area contributed by atoms with Crippen molar-refractivity contribution in [2.75, 3.05) is 45.3 Å². The summed E-state index contributed by atoms with van der Waals surface area (Å²) in [6, 6.07) is 2.57. The van der Waals surface area contributed by atoms with E-state index in [1.807, 2.05) is 6.21 Å². The molecule has 0 radical (unpaired) electrons. The molecule has 7 heteroatoms. The molecule has 7 nitrogen and oxygen atoms in total. The van der Waals surface area contributed by atoms with Gasteiger partial charge in [0, 0.05) is 46.0 Å². The highest BCUT2D eigenvalue weighted by molar-refractivity contribution is 6.29. The van der Waals surface area contributed by atoms with E-state index in [1.54, 1.807) is 13.4 Å². The Morgan fingerprint density at radius 1 is 1.35 bits per heavy atom. The van der Waals surface area contributed by atoms with E-state index in [0.29, 0.717) is 6.04 Å². The monoisotopic (exact) mass is 316 g/mol. The van der Waals surface area contributed by atoms with Gasteiger partial charge in [0.2, 0.25) is 0 Å². The van der Waals surface area contributed by atoms with E-state index in [1.165, 1.54) is 0 Å². The van der Waals surface area contributed by atoms with Crippen LogP contribution in [-0.4, -0.2) is 73.4 Å². The Hall–Kier alpha value is -2.02. The van der Waals surface area contributed by atoms with Gasteiger partial charge in [0.05, 0.1) is 25.0 Å². The van der Waals surface area contributed by atoms with Crippen molar-refractivity contribution in [3.63, 3.8) is 0 Å². The summed E-state index contributed by atoms with van der Waals surface area (Å²) in [6.07, 6.45) is 5.58. The summed E-state index contributed by atoms with van der Waals surface area (Å²) in [5.41, 5.74) is 1.00. The molecule has 2 aliphatic heterocycles. The molecule has 1 aromatic rings. The number of nitrogens with zero attached hydrogens (tertiary/aromatic N) is 6. The van der Waals surface area contributed by atoms with Crippen LogP contribution in [-0.2, 0) is 11.3 Å². The second-order valence-corrected chi connectivity index (χ2v) is 5.86. The SMILES string of the molecule is C/N=C1/C=NCCN1Cc1cc(N(C)C2CCOCC2)ncn1. The molecule has 1 aromatic heterocycles. The number of anilines is 1. The van der Waals surface area contributed by atoms with Gasteiger partial charge in [-0.25, -0.2) is 9.97 Å². The van der Waals surface area contributed by atoms with Crippen LogP contribution >= 0.6 is 0 Å². The lowest BCUT2D eigenvalue weighted by Crippen LogP contribution is -2.38. The molecule has 0 aromatic carbocycles. The first-order chi connectivity index (χ1) is 11.3. The molecule has 23 heavy (non-hydrogen) atoms. The summed E-state index contributed by atoms with van der Waals surface area (Å²) in [4.78, 5) is 21.9. The zero-order valence-electron chi connectivity index (χ0n) is 13.9. The lowest BCUT2D eigenvalue weighted by molar-refractivity contribution is 0.0853. The minimum atomic E-state index is 0.487. The first-order valence-electron chi connectivity index (χ1n) is 8.11. The van der Waals surface area contributed by atoms with Gasteiger partial charge >= 0.3 is 0 Å². The number of aromatic nitrogens is 2. The third-order valence-corrected chi connectivity index (χ3v) is 4.42. The van der Waals surface area contributed by atoms with Crippen molar-refractivity contribution in [1.29, 1.82) is 0 Å². The average Bonchev–Trinajstić information content (AvgIpc) is 2.62. The van der Waals surface area contributed by atoms with E-state index in [9.17, 15) is 0 Å². The second-order valence-electron chi connectivity index (χ2n) is 5.86. The normalized spacial score (nSPS) is 21.0. The molecule has 0 aliphatic carbocycles. The molecule has 0 N–H and O–H groups in total. The summed E-state index contributed by atoms with van der Waals surface area (Å²) < 4.78 is 5.44. The molecular weight excluding hydrogens is 292 g/mol. The zero-order valence-corrected chi connectivity index (χ0v) is 13.9. The summed E-state index contributed by atoms with van der Waals surface area (Å²) in [5, 5.41) is 0. The van der Waals surface area contributed by atoms with Crippen molar-refractivity contribution in [2.24, 2.45) is 9.98 Å². The van der Waals surface area contributed by atoms with Crippen LogP contribution in [0, 0.1) is 0 Å². The summed E-state index contributed by atoms with van der Waals surface area (Å²) >= 11 is 0. The maximum Gasteiger partial charge on any atom is 0.141 e. The second kappa shape index (κ2) is 7.50. The molecule has 0 atom stereocenters. The predicted molar refractivity (Wildman–Crippen MR) is 91.4 cm³/mol. The fourth-order valence-electron chi connectivity index (χ4n) is 3.00. The van der Waals surface area contributed by atoms with Crippen LogP contribution in [0.1, 0.15) is 18.5 Å². The highest BCUT2D eigenvalue weighted by atomic mass is 16.5. The molecule has 0 saturated carbocycles. The molecule has 2 aliphatic rings. The van der Waals surface area contributed by atoms with E-state index in [-0.39, 0.29) is 0 Å². The lowest BCUT2D eigenvalue weighted by Gasteiger charge is -2.32. The quantitative estimate of drug-likeness (QED) is 0.829. The van der Waals surface area contributed by atoms with Crippen LogP contribution in [0.3, 0.4) is 0 Å². The highest BCUT2D eigenvalue weighted by Crippen LogP contribution is 2.20. The van der Waals surface area contributed by atoms with Crippen LogP contribution in [0.4, 0.5) is 5.82 Å². The summed E-state index contributed by atoms with van der Waals surface area (Å²) in [7, 11) is 3.90. The first kappa shape index (κ1) is 15.9. The van der Waals surface area contributed by atoms with Crippen LogP contribution in [0.15, 0.2) is 22.4 Å². The largest absolute Gasteiger partial charge is 0.381 e. The molecule has 1 saturated heterocycles. The van der Waals surface area contributed by atoms with Gasteiger partial charge in [-0.2, -0.15) is 0 Å². The predicted octanol–water partition coefficient (Wildman–Crippen LogP) is 1.01. The van der Waals surface area contributed by atoms with E-state index >= 15 is 0 Å². The maximum atomic E-state index is 5.44. The standard InChI is InChI=1S/C16H24N6O/c1-17-16-10-18-5-6-22(16)11-13-9-15(20-12-19-13)21(2)14-3-7-23-8-4-14/h9-10,12,14H,3-8,11H2,1-2H3/b17-16-. The summed E-state index contributed by atoms with van der Waals surface area (Å²) in [6.45, 7) is 4.07.